The first kappa shape index (κ1) is 20.9. The average Bonchev–Trinajstić information content (AvgIpc) is 2.95. The minimum absolute atomic E-state index is 0.0456. The van der Waals surface area contributed by atoms with Crippen LogP contribution in [0, 0.1) is 40.2 Å². The summed E-state index contributed by atoms with van der Waals surface area (Å²) in [7, 11) is 1.92. The molecule has 4 aliphatic rings. The van der Waals surface area contributed by atoms with Crippen molar-refractivity contribution in [1.82, 2.24) is 4.90 Å². The van der Waals surface area contributed by atoms with Gasteiger partial charge in [-0.2, -0.15) is 0 Å². The summed E-state index contributed by atoms with van der Waals surface area (Å²) >= 11 is 0. The van der Waals surface area contributed by atoms with E-state index in [1.165, 1.54) is 12.1 Å². The third-order valence-corrected chi connectivity index (χ3v) is 9.23. The molecule has 1 amide bonds. The van der Waals surface area contributed by atoms with Gasteiger partial charge in [-0.05, 0) is 79.2 Å². The monoisotopic (exact) mass is 427 g/mol. The second-order valence-corrected chi connectivity index (χ2v) is 10.7. The molecule has 0 unspecified atom stereocenters. The number of likely N-dealkylation sites (N-methyl/N-ethyl adjacent to an activating group) is 1. The molecule has 3 aliphatic carbocycles. The maximum absolute atomic E-state index is 13.7. The smallest absolute Gasteiger partial charge is 0.246 e. The fourth-order valence-electron chi connectivity index (χ4n) is 7.61. The number of nitrogens with zero attached hydrogens (tertiary/aromatic N) is 1. The summed E-state index contributed by atoms with van der Waals surface area (Å²) in [5.74, 6) is 0.157. The third kappa shape index (κ3) is 3.03. The van der Waals surface area contributed by atoms with Crippen LogP contribution < -0.4 is 0 Å². The van der Waals surface area contributed by atoms with Gasteiger partial charge in [-0.1, -0.05) is 26.0 Å². The molecule has 0 radical (unpaired) electrons. The number of hydrogen-bond donors (Lipinski definition) is 1. The number of hydrogen-bond acceptors (Lipinski definition) is 2. The molecule has 0 spiro atoms. The lowest BCUT2D eigenvalue weighted by molar-refractivity contribution is -0.140. The molecule has 0 bridgehead atoms. The van der Waals surface area contributed by atoms with Crippen molar-refractivity contribution in [1.29, 1.82) is 0 Å². The van der Waals surface area contributed by atoms with Gasteiger partial charge in [-0.3, -0.25) is 4.79 Å². The first-order valence-electron chi connectivity index (χ1n) is 11.4. The molecule has 1 aliphatic heterocycles. The first-order valence-corrected chi connectivity index (χ1v) is 11.4. The van der Waals surface area contributed by atoms with Gasteiger partial charge in [0.25, 0.3) is 0 Å². The van der Waals surface area contributed by atoms with Gasteiger partial charge >= 0.3 is 0 Å². The summed E-state index contributed by atoms with van der Waals surface area (Å²) in [6, 6.07) is 3.74. The Labute approximate surface area is 182 Å². The number of amides is 1. The highest BCUT2D eigenvalue weighted by atomic mass is 19.1. The summed E-state index contributed by atoms with van der Waals surface area (Å²) in [6.45, 7) is 4.49. The number of aliphatic hydroxyl groups excluding tert-OH is 1. The van der Waals surface area contributed by atoms with Crippen LogP contribution in [0.15, 0.2) is 35.9 Å². The lowest BCUT2D eigenvalue weighted by Gasteiger charge is -2.59. The van der Waals surface area contributed by atoms with Crippen LogP contribution in [-0.4, -0.2) is 35.1 Å². The maximum Gasteiger partial charge on any atom is 0.246 e. The third-order valence-electron chi connectivity index (χ3n) is 9.23. The lowest BCUT2D eigenvalue weighted by atomic mass is 9.48. The van der Waals surface area contributed by atoms with Gasteiger partial charge in [-0.15, -0.1) is 0 Å². The number of carbonyl (C=O) groups excluding carboxylic acids is 1. The highest BCUT2D eigenvalue weighted by Crippen LogP contribution is 2.65. The molecule has 31 heavy (non-hydrogen) atoms. The highest BCUT2D eigenvalue weighted by Gasteiger charge is 2.61. The highest BCUT2D eigenvalue weighted by molar-refractivity contribution is 5.89. The predicted octanol–water partition coefficient (Wildman–Crippen LogP) is 4.96. The Bertz CT molecular complexity index is 967. The number of benzene rings is 1. The summed E-state index contributed by atoms with van der Waals surface area (Å²) < 4.78 is 27.4. The zero-order chi connectivity index (χ0) is 22.1. The van der Waals surface area contributed by atoms with Crippen molar-refractivity contribution in [3.8, 4) is 0 Å². The molecule has 166 valence electrons. The maximum atomic E-state index is 13.7. The summed E-state index contributed by atoms with van der Waals surface area (Å²) in [4.78, 5) is 14.2. The number of rotatable bonds is 1. The van der Waals surface area contributed by atoms with E-state index in [9.17, 15) is 18.7 Å². The van der Waals surface area contributed by atoms with E-state index in [-0.39, 0.29) is 22.8 Å². The lowest BCUT2D eigenvalue weighted by Crippen LogP contribution is -2.59. The second kappa shape index (κ2) is 6.99. The van der Waals surface area contributed by atoms with E-state index in [1.54, 1.807) is 12.2 Å². The molecule has 1 aromatic carbocycles. The van der Waals surface area contributed by atoms with E-state index in [0.29, 0.717) is 23.3 Å². The van der Waals surface area contributed by atoms with E-state index >= 15 is 0 Å². The molecule has 7 atom stereocenters. The van der Waals surface area contributed by atoms with Crippen LogP contribution in [0.25, 0.3) is 6.08 Å². The van der Waals surface area contributed by atoms with Crippen LogP contribution in [0.2, 0.25) is 0 Å². The van der Waals surface area contributed by atoms with Crippen LogP contribution >= 0.6 is 0 Å². The molecule has 5 rings (SSSR count). The number of fused-ring (bicyclic) bond motifs is 5. The minimum Gasteiger partial charge on any atom is -0.388 e. The molecule has 1 heterocycles. The standard InChI is InChI=1S/C26H31F2NO2/c1-25-9-7-23(30)29(3)22(25)5-4-19-20(25)6-8-26(2)21(19)13-16(24(26)31)10-15-11-17(27)14-18(28)12-15/h7,9-12,14,19-22,24,31H,4-6,8,13H2,1-3H3/b16-10-/t19-,20+,21+,22-,24+,25-,26+/m1/s1. The molecule has 0 saturated heterocycles. The Morgan fingerprint density at radius 1 is 1.10 bits per heavy atom. The number of aliphatic hydroxyl groups is 1. The molecule has 3 fully saturated rings. The molecular formula is C26H31F2NO2. The Morgan fingerprint density at radius 3 is 2.52 bits per heavy atom. The molecule has 3 nitrogen and oxygen atoms in total. The Balaban J connectivity index is 1.48. The van der Waals surface area contributed by atoms with Crippen molar-refractivity contribution in [3.05, 3.63) is 53.1 Å². The Morgan fingerprint density at radius 2 is 1.81 bits per heavy atom. The number of halogens is 2. The fraction of sp³-hybridized carbons (Fsp3) is 0.577. The van der Waals surface area contributed by atoms with Gasteiger partial charge in [0.1, 0.15) is 11.6 Å². The predicted molar refractivity (Wildman–Crippen MR) is 116 cm³/mol. The first-order chi connectivity index (χ1) is 14.6. The normalized spacial score (nSPS) is 43.0. The average molecular weight is 428 g/mol. The van der Waals surface area contributed by atoms with E-state index in [2.05, 4.69) is 19.9 Å². The van der Waals surface area contributed by atoms with Crippen LogP contribution in [-0.2, 0) is 4.79 Å². The molecule has 0 aromatic heterocycles. The van der Waals surface area contributed by atoms with E-state index in [4.69, 9.17) is 0 Å². The largest absolute Gasteiger partial charge is 0.388 e. The van der Waals surface area contributed by atoms with Gasteiger partial charge in [0.15, 0.2) is 0 Å². The topological polar surface area (TPSA) is 40.5 Å². The molecular weight excluding hydrogens is 396 g/mol. The van der Waals surface area contributed by atoms with E-state index in [1.807, 2.05) is 11.9 Å². The van der Waals surface area contributed by atoms with Crippen molar-refractivity contribution in [2.24, 2.45) is 28.6 Å². The molecule has 3 saturated carbocycles. The molecule has 1 aromatic rings. The van der Waals surface area contributed by atoms with Crippen molar-refractivity contribution in [2.45, 2.75) is 58.1 Å². The fourth-order valence-corrected chi connectivity index (χ4v) is 7.61. The zero-order valence-corrected chi connectivity index (χ0v) is 18.4. The van der Waals surface area contributed by atoms with Crippen LogP contribution in [0.1, 0.15) is 51.5 Å². The summed E-state index contributed by atoms with van der Waals surface area (Å²) in [5, 5.41) is 11.3. The molecule has 1 N–H and O–H groups in total. The van der Waals surface area contributed by atoms with Gasteiger partial charge in [0.05, 0.1) is 6.10 Å². The summed E-state index contributed by atoms with van der Waals surface area (Å²) in [6.07, 6.45) is 9.80. The van der Waals surface area contributed by atoms with Crippen LogP contribution in [0.4, 0.5) is 8.78 Å². The van der Waals surface area contributed by atoms with Crippen LogP contribution in [0.3, 0.4) is 0 Å². The van der Waals surface area contributed by atoms with Crippen molar-refractivity contribution < 1.29 is 18.7 Å². The van der Waals surface area contributed by atoms with Gasteiger partial charge < -0.3 is 10.0 Å². The van der Waals surface area contributed by atoms with E-state index in [0.717, 1.165) is 43.7 Å². The molecule has 5 heteroatoms. The van der Waals surface area contributed by atoms with Crippen molar-refractivity contribution >= 4 is 12.0 Å². The van der Waals surface area contributed by atoms with Gasteiger partial charge in [0.2, 0.25) is 5.91 Å². The van der Waals surface area contributed by atoms with Crippen molar-refractivity contribution in [2.75, 3.05) is 7.05 Å². The zero-order valence-electron chi connectivity index (χ0n) is 18.4. The van der Waals surface area contributed by atoms with Crippen LogP contribution in [0.5, 0.6) is 0 Å². The minimum atomic E-state index is -0.600. The van der Waals surface area contributed by atoms with Gasteiger partial charge in [0, 0.05) is 30.0 Å². The summed E-state index contributed by atoms with van der Waals surface area (Å²) in [5.41, 5.74) is 1.09. The van der Waals surface area contributed by atoms with E-state index < -0.39 is 17.7 Å². The Hall–Kier alpha value is -2.01. The second-order valence-electron chi connectivity index (χ2n) is 10.7. The quantitative estimate of drug-likeness (QED) is 0.688. The number of carbonyl (C=O) groups is 1. The van der Waals surface area contributed by atoms with Crippen molar-refractivity contribution in [3.63, 3.8) is 0 Å². The van der Waals surface area contributed by atoms with Gasteiger partial charge in [-0.25, -0.2) is 8.78 Å². The Kier molecular flexibility index (Phi) is 4.71. The SMILES string of the molecule is CN1C(=O)C=C[C@]2(C)[C@H]3CC[C@]4(C)[C@@H](O)/C(=C\c5cc(F)cc(F)c5)C[C@H]4[C@@H]3CC[C@@H]12.